The summed E-state index contributed by atoms with van der Waals surface area (Å²) in [6, 6.07) is 7.54. The van der Waals surface area contributed by atoms with Crippen molar-refractivity contribution < 1.29 is 4.39 Å². The highest BCUT2D eigenvalue weighted by molar-refractivity contribution is 5.19. The molecule has 0 aromatic heterocycles. The van der Waals surface area contributed by atoms with Crippen molar-refractivity contribution in [2.45, 2.75) is 57.5 Å². The summed E-state index contributed by atoms with van der Waals surface area (Å²) < 4.78 is 13.4. The summed E-state index contributed by atoms with van der Waals surface area (Å²) in [6.07, 6.45) is 5.80. The molecule has 1 aliphatic heterocycles. The highest BCUT2D eigenvalue weighted by atomic mass is 19.1. The number of hydrogen-bond acceptors (Lipinski definition) is 2. The van der Waals surface area contributed by atoms with Crippen LogP contribution >= 0.6 is 0 Å². The minimum Gasteiger partial charge on any atom is -0.329 e. The predicted octanol–water partition coefficient (Wildman–Crippen LogP) is 3.35. The SMILES string of the molecule is CCC1CCCCN1C(C)(CN)Cc1cccc(F)c1. The third-order valence-electron chi connectivity index (χ3n) is 4.71. The van der Waals surface area contributed by atoms with Crippen molar-refractivity contribution in [3.63, 3.8) is 0 Å². The Bertz CT molecular complexity index is 435. The van der Waals surface area contributed by atoms with Crippen LogP contribution in [-0.2, 0) is 6.42 Å². The lowest BCUT2D eigenvalue weighted by Crippen LogP contribution is -2.58. The lowest BCUT2D eigenvalue weighted by molar-refractivity contribution is 0.0316. The van der Waals surface area contributed by atoms with Crippen molar-refractivity contribution in [1.29, 1.82) is 0 Å². The number of likely N-dealkylation sites (tertiary alicyclic amines) is 1. The second-order valence-corrected chi connectivity index (χ2v) is 6.26. The van der Waals surface area contributed by atoms with Gasteiger partial charge in [-0.05, 0) is 56.8 Å². The van der Waals surface area contributed by atoms with Gasteiger partial charge in [-0.15, -0.1) is 0 Å². The topological polar surface area (TPSA) is 29.3 Å². The van der Waals surface area contributed by atoms with E-state index in [2.05, 4.69) is 18.7 Å². The molecule has 0 saturated carbocycles. The molecule has 20 heavy (non-hydrogen) atoms. The van der Waals surface area contributed by atoms with Crippen molar-refractivity contribution >= 4 is 0 Å². The van der Waals surface area contributed by atoms with Gasteiger partial charge in [0.15, 0.2) is 0 Å². The normalized spacial score (nSPS) is 23.5. The maximum atomic E-state index is 13.4. The van der Waals surface area contributed by atoms with Gasteiger partial charge in [0.05, 0.1) is 0 Å². The summed E-state index contributed by atoms with van der Waals surface area (Å²) in [5, 5.41) is 0. The van der Waals surface area contributed by atoms with Crippen LogP contribution in [0.5, 0.6) is 0 Å². The van der Waals surface area contributed by atoms with Crippen LogP contribution in [0.4, 0.5) is 4.39 Å². The van der Waals surface area contributed by atoms with Crippen LogP contribution in [0.15, 0.2) is 24.3 Å². The third kappa shape index (κ3) is 3.39. The van der Waals surface area contributed by atoms with Crippen LogP contribution in [-0.4, -0.2) is 29.6 Å². The Balaban J connectivity index is 2.18. The van der Waals surface area contributed by atoms with E-state index in [9.17, 15) is 4.39 Å². The number of benzene rings is 1. The fraction of sp³-hybridized carbons (Fsp3) is 0.647. The van der Waals surface area contributed by atoms with Crippen LogP contribution in [0.25, 0.3) is 0 Å². The molecule has 0 radical (unpaired) electrons. The van der Waals surface area contributed by atoms with Crippen molar-refractivity contribution in [2.75, 3.05) is 13.1 Å². The maximum absolute atomic E-state index is 13.4. The second kappa shape index (κ2) is 6.68. The van der Waals surface area contributed by atoms with Crippen molar-refractivity contribution in [1.82, 2.24) is 4.90 Å². The molecule has 2 atom stereocenters. The molecule has 2 rings (SSSR count). The predicted molar refractivity (Wildman–Crippen MR) is 82.2 cm³/mol. The van der Waals surface area contributed by atoms with Crippen LogP contribution in [0.2, 0.25) is 0 Å². The summed E-state index contributed by atoms with van der Waals surface area (Å²) in [6.45, 7) is 6.20. The first kappa shape index (κ1) is 15.5. The van der Waals surface area contributed by atoms with Crippen molar-refractivity contribution in [2.24, 2.45) is 5.73 Å². The smallest absolute Gasteiger partial charge is 0.123 e. The number of nitrogens with zero attached hydrogens (tertiary/aromatic N) is 1. The van der Waals surface area contributed by atoms with Gasteiger partial charge in [0.2, 0.25) is 0 Å². The number of piperidine rings is 1. The van der Waals surface area contributed by atoms with E-state index in [-0.39, 0.29) is 11.4 Å². The zero-order chi connectivity index (χ0) is 14.6. The highest BCUT2D eigenvalue weighted by Gasteiger charge is 2.36. The molecule has 1 aromatic rings. The fourth-order valence-corrected chi connectivity index (χ4v) is 3.51. The Morgan fingerprint density at radius 1 is 1.40 bits per heavy atom. The molecule has 3 heteroatoms. The summed E-state index contributed by atoms with van der Waals surface area (Å²) >= 11 is 0. The Kier molecular flexibility index (Phi) is 5.17. The van der Waals surface area contributed by atoms with Gasteiger partial charge >= 0.3 is 0 Å². The first-order valence-electron chi connectivity index (χ1n) is 7.80. The molecule has 112 valence electrons. The average Bonchev–Trinajstić information content (AvgIpc) is 2.47. The molecule has 2 N–H and O–H groups in total. The number of rotatable bonds is 5. The van der Waals surface area contributed by atoms with Gasteiger partial charge in [-0.1, -0.05) is 25.5 Å². The molecule has 0 bridgehead atoms. The van der Waals surface area contributed by atoms with Crippen LogP contribution < -0.4 is 5.73 Å². The monoisotopic (exact) mass is 278 g/mol. The van der Waals surface area contributed by atoms with Gasteiger partial charge in [-0.25, -0.2) is 4.39 Å². The Morgan fingerprint density at radius 3 is 2.85 bits per heavy atom. The molecule has 1 heterocycles. The molecule has 2 nitrogen and oxygen atoms in total. The molecule has 1 fully saturated rings. The molecule has 1 saturated heterocycles. The van der Waals surface area contributed by atoms with Crippen LogP contribution in [0.3, 0.4) is 0 Å². The van der Waals surface area contributed by atoms with Crippen LogP contribution in [0, 0.1) is 5.82 Å². The summed E-state index contributed by atoms with van der Waals surface area (Å²) in [4.78, 5) is 2.57. The van der Waals surface area contributed by atoms with E-state index in [0.717, 1.165) is 18.5 Å². The second-order valence-electron chi connectivity index (χ2n) is 6.26. The minimum absolute atomic E-state index is 0.0745. The first-order valence-corrected chi connectivity index (χ1v) is 7.80. The third-order valence-corrected chi connectivity index (χ3v) is 4.71. The lowest BCUT2D eigenvalue weighted by atomic mass is 9.86. The molecule has 0 amide bonds. The summed E-state index contributed by atoms with van der Waals surface area (Å²) in [5.41, 5.74) is 7.07. The van der Waals surface area contributed by atoms with Gasteiger partial charge in [-0.3, -0.25) is 4.90 Å². The Hall–Kier alpha value is -0.930. The van der Waals surface area contributed by atoms with E-state index in [1.54, 1.807) is 12.1 Å². The molecule has 0 aliphatic carbocycles. The van der Waals surface area contributed by atoms with E-state index in [1.807, 2.05) is 6.07 Å². The molecular weight excluding hydrogens is 251 g/mol. The van der Waals surface area contributed by atoms with E-state index in [0.29, 0.717) is 12.6 Å². The highest BCUT2D eigenvalue weighted by Crippen LogP contribution is 2.30. The molecule has 0 spiro atoms. The minimum atomic E-state index is -0.160. The zero-order valence-corrected chi connectivity index (χ0v) is 12.7. The van der Waals surface area contributed by atoms with Gasteiger partial charge < -0.3 is 5.73 Å². The number of nitrogens with two attached hydrogens (primary N) is 1. The van der Waals surface area contributed by atoms with Gasteiger partial charge in [0.1, 0.15) is 5.82 Å². The molecule has 1 aliphatic rings. The Morgan fingerprint density at radius 2 is 2.20 bits per heavy atom. The largest absolute Gasteiger partial charge is 0.329 e. The van der Waals surface area contributed by atoms with Crippen molar-refractivity contribution in [3.8, 4) is 0 Å². The van der Waals surface area contributed by atoms with E-state index >= 15 is 0 Å². The van der Waals surface area contributed by atoms with Gasteiger partial charge in [0, 0.05) is 18.1 Å². The van der Waals surface area contributed by atoms with Gasteiger partial charge in [-0.2, -0.15) is 0 Å². The molecule has 1 aromatic carbocycles. The standard InChI is InChI=1S/C17H27FN2/c1-3-16-9-4-5-10-20(16)17(2,13-19)12-14-7-6-8-15(18)11-14/h6-8,11,16H,3-5,9-10,12-13,19H2,1-2H3. The fourth-order valence-electron chi connectivity index (χ4n) is 3.51. The van der Waals surface area contributed by atoms with E-state index in [1.165, 1.54) is 31.7 Å². The number of hydrogen-bond donors (Lipinski definition) is 1. The van der Waals surface area contributed by atoms with Gasteiger partial charge in [0.25, 0.3) is 0 Å². The quantitative estimate of drug-likeness (QED) is 0.895. The average molecular weight is 278 g/mol. The maximum Gasteiger partial charge on any atom is 0.123 e. The Labute approximate surface area is 122 Å². The zero-order valence-electron chi connectivity index (χ0n) is 12.7. The van der Waals surface area contributed by atoms with Crippen molar-refractivity contribution in [3.05, 3.63) is 35.6 Å². The first-order chi connectivity index (χ1) is 9.59. The lowest BCUT2D eigenvalue weighted by Gasteiger charge is -2.48. The number of halogens is 1. The summed E-state index contributed by atoms with van der Waals surface area (Å²) in [5.74, 6) is -0.160. The van der Waals surface area contributed by atoms with E-state index < -0.39 is 0 Å². The molecule has 2 unspecified atom stereocenters. The summed E-state index contributed by atoms with van der Waals surface area (Å²) in [7, 11) is 0. The van der Waals surface area contributed by atoms with E-state index in [4.69, 9.17) is 5.73 Å². The van der Waals surface area contributed by atoms with Crippen LogP contribution in [0.1, 0.15) is 45.1 Å². The molecular formula is C17H27FN2.